The predicted octanol–water partition coefficient (Wildman–Crippen LogP) is 9.64. The van der Waals surface area contributed by atoms with Crippen molar-refractivity contribution in [2.24, 2.45) is 33.8 Å². The number of carbonyl (C=O) groups is 1. The molecule has 4 N–H and O–H groups in total. The van der Waals surface area contributed by atoms with Crippen molar-refractivity contribution < 1.29 is 4.79 Å². The third-order valence-corrected chi connectivity index (χ3v) is 11.7. The zero-order chi connectivity index (χ0) is 33.4. The average Bonchev–Trinajstić information content (AvgIpc) is 2.92. The van der Waals surface area contributed by atoms with E-state index in [1.54, 1.807) is 0 Å². The van der Waals surface area contributed by atoms with Crippen LogP contribution in [0.25, 0.3) is 5.57 Å². The molecule has 5 rings (SSSR count). The Morgan fingerprint density at radius 1 is 1.04 bits per heavy atom. The Kier molecular flexibility index (Phi) is 7.79. The standard InChI is InChI=1S/C40H52N4O/c1-22(2)35-25(5)34(28(8)41)26(6)40(11)27(7)36-24(4)33-23(3)31(43-37(45)42-29-17-15-14-16-18-29)19-32(44(12)13)30(33)20-38(36,9)21-39(35,40)10/h14-19,22,35H,4,6,8,20-21,41H2,1-3,5,7,9-13H3,(H2,42,43,45)/t35-,38+,39+,40+/m1/s1. The fourth-order valence-corrected chi connectivity index (χ4v) is 10.0. The maximum atomic E-state index is 13.2. The van der Waals surface area contributed by atoms with Gasteiger partial charge in [-0.05, 0) is 113 Å². The van der Waals surface area contributed by atoms with Crippen LogP contribution in [-0.4, -0.2) is 20.1 Å². The first-order chi connectivity index (χ1) is 20.9. The monoisotopic (exact) mass is 604 g/mol. The van der Waals surface area contributed by atoms with E-state index < -0.39 is 0 Å². The Morgan fingerprint density at radius 2 is 1.67 bits per heavy atom. The van der Waals surface area contributed by atoms with Gasteiger partial charge in [0.05, 0.1) is 0 Å². The number of hydrogen-bond acceptors (Lipinski definition) is 3. The van der Waals surface area contributed by atoms with Gasteiger partial charge in [-0.3, -0.25) is 0 Å². The Balaban J connectivity index is 1.71. The van der Waals surface area contributed by atoms with E-state index in [-0.39, 0.29) is 22.3 Å². The van der Waals surface area contributed by atoms with E-state index in [0.717, 1.165) is 57.8 Å². The van der Waals surface area contributed by atoms with Crippen LogP contribution >= 0.6 is 0 Å². The second-order valence-electron chi connectivity index (χ2n) is 15.0. The van der Waals surface area contributed by atoms with Gasteiger partial charge in [0.2, 0.25) is 0 Å². The molecule has 2 aromatic rings. The number of carbonyl (C=O) groups excluding carboxylic acids is 1. The molecule has 0 fully saturated rings. The van der Waals surface area contributed by atoms with Crippen LogP contribution in [0.15, 0.2) is 89.7 Å². The molecule has 3 aliphatic rings. The summed E-state index contributed by atoms with van der Waals surface area (Å²) in [5.41, 5.74) is 19.7. The number of urea groups is 1. The highest BCUT2D eigenvalue weighted by molar-refractivity contribution is 6.02. The zero-order valence-electron chi connectivity index (χ0n) is 29.1. The fourth-order valence-electron chi connectivity index (χ4n) is 10.0. The first kappa shape index (κ1) is 32.4. The molecule has 0 unspecified atom stereocenters. The number of para-hydroxylation sites is 1. The van der Waals surface area contributed by atoms with Crippen LogP contribution in [0.1, 0.15) is 71.6 Å². The number of nitrogens with one attached hydrogen (secondary N) is 2. The van der Waals surface area contributed by atoms with Crippen LogP contribution < -0.4 is 21.3 Å². The fraction of sp³-hybridized carbons (Fsp3) is 0.425. The number of amides is 2. The van der Waals surface area contributed by atoms with Crippen LogP contribution in [0.5, 0.6) is 0 Å². The lowest BCUT2D eigenvalue weighted by Gasteiger charge is -2.65. The summed E-state index contributed by atoms with van der Waals surface area (Å²) in [6.45, 7) is 32.4. The lowest BCUT2D eigenvalue weighted by atomic mass is 9.38. The first-order valence-electron chi connectivity index (χ1n) is 16.1. The number of nitrogens with two attached hydrogens (primary N) is 1. The third kappa shape index (κ3) is 4.61. The maximum Gasteiger partial charge on any atom is 0.323 e. The summed E-state index contributed by atoms with van der Waals surface area (Å²) in [4.78, 5) is 15.3. The molecule has 0 radical (unpaired) electrons. The van der Waals surface area contributed by atoms with Gasteiger partial charge in [-0.2, -0.15) is 0 Å². The highest BCUT2D eigenvalue weighted by Gasteiger charge is 2.63. The molecule has 238 valence electrons. The van der Waals surface area contributed by atoms with Crippen molar-refractivity contribution in [2.75, 3.05) is 29.6 Å². The summed E-state index contributed by atoms with van der Waals surface area (Å²) in [7, 11) is 4.16. The Hall–Kier alpha value is -3.99. The van der Waals surface area contributed by atoms with Gasteiger partial charge in [0.15, 0.2) is 0 Å². The van der Waals surface area contributed by atoms with Crippen molar-refractivity contribution in [1.82, 2.24) is 0 Å². The molecular formula is C40H52N4O. The van der Waals surface area contributed by atoms with Gasteiger partial charge in [-0.25, -0.2) is 4.79 Å². The molecule has 0 aromatic heterocycles. The molecule has 5 nitrogen and oxygen atoms in total. The second kappa shape index (κ2) is 10.8. The molecule has 2 amide bonds. The number of allylic oxidation sites excluding steroid dienone is 5. The van der Waals surface area contributed by atoms with E-state index in [4.69, 9.17) is 18.9 Å². The van der Waals surface area contributed by atoms with E-state index in [1.165, 1.54) is 22.3 Å². The van der Waals surface area contributed by atoms with Gasteiger partial charge >= 0.3 is 6.03 Å². The van der Waals surface area contributed by atoms with E-state index in [9.17, 15) is 4.79 Å². The molecule has 0 saturated carbocycles. The first-order valence-corrected chi connectivity index (χ1v) is 16.1. The normalized spacial score (nSPS) is 27.6. The lowest BCUT2D eigenvalue weighted by molar-refractivity contribution is -0.0106. The summed E-state index contributed by atoms with van der Waals surface area (Å²) in [6, 6.07) is 11.4. The summed E-state index contributed by atoms with van der Waals surface area (Å²) >= 11 is 0. The van der Waals surface area contributed by atoms with E-state index in [1.807, 2.05) is 30.3 Å². The molecule has 2 aromatic carbocycles. The number of fused-ring (bicyclic) bond motifs is 3. The van der Waals surface area contributed by atoms with Gasteiger partial charge in [-0.1, -0.05) is 83.7 Å². The Bertz CT molecular complexity index is 1710. The number of nitrogens with zero attached hydrogens (tertiary/aromatic N) is 1. The van der Waals surface area contributed by atoms with Gasteiger partial charge < -0.3 is 21.3 Å². The van der Waals surface area contributed by atoms with Crippen molar-refractivity contribution in [2.45, 2.75) is 68.2 Å². The largest absolute Gasteiger partial charge is 0.399 e. The molecular weight excluding hydrogens is 552 g/mol. The minimum Gasteiger partial charge on any atom is -0.399 e. The minimum atomic E-state index is -0.335. The Labute approximate surface area is 271 Å². The molecule has 0 aliphatic heterocycles. The lowest BCUT2D eigenvalue weighted by Crippen LogP contribution is -2.57. The smallest absolute Gasteiger partial charge is 0.323 e. The molecule has 3 aliphatic carbocycles. The van der Waals surface area contributed by atoms with Crippen molar-refractivity contribution in [3.63, 3.8) is 0 Å². The van der Waals surface area contributed by atoms with Crippen LogP contribution in [-0.2, 0) is 6.42 Å². The number of anilines is 3. The topological polar surface area (TPSA) is 70.4 Å². The van der Waals surface area contributed by atoms with Crippen molar-refractivity contribution in [3.8, 4) is 0 Å². The van der Waals surface area contributed by atoms with Crippen LogP contribution in [0.3, 0.4) is 0 Å². The molecule has 45 heavy (non-hydrogen) atoms. The minimum absolute atomic E-state index is 0.0915. The summed E-state index contributed by atoms with van der Waals surface area (Å²) in [5.74, 6) is 0.736. The van der Waals surface area contributed by atoms with Gasteiger partial charge in [0, 0.05) is 42.3 Å². The van der Waals surface area contributed by atoms with E-state index in [2.05, 4.69) is 97.7 Å². The molecule has 4 atom stereocenters. The van der Waals surface area contributed by atoms with Crippen LogP contribution in [0.4, 0.5) is 21.9 Å². The maximum absolute atomic E-state index is 13.2. The van der Waals surface area contributed by atoms with Gasteiger partial charge in [0.1, 0.15) is 0 Å². The number of rotatable bonds is 5. The van der Waals surface area contributed by atoms with Gasteiger partial charge in [-0.15, -0.1) is 0 Å². The van der Waals surface area contributed by atoms with Crippen molar-refractivity contribution >= 4 is 28.7 Å². The van der Waals surface area contributed by atoms with Gasteiger partial charge in [0.25, 0.3) is 0 Å². The summed E-state index contributed by atoms with van der Waals surface area (Å²) in [6.07, 6.45) is 1.89. The summed E-state index contributed by atoms with van der Waals surface area (Å²) < 4.78 is 0. The highest BCUT2D eigenvalue weighted by Crippen LogP contribution is 2.72. The van der Waals surface area contributed by atoms with Crippen molar-refractivity contribution in [1.29, 1.82) is 0 Å². The summed E-state index contributed by atoms with van der Waals surface area (Å²) in [5, 5.41) is 6.11. The van der Waals surface area contributed by atoms with Crippen molar-refractivity contribution in [3.05, 3.63) is 106 Å². The zero-order valence-corrected chi connectivity index (χ0v) is 29.1. The molecule has 0 saturated heterocycles. The highest BCUT2D eigenvalue weighted by atomic mass is 16.2. The number of benzene rings is 2. The van der Waals surface area contributed by atoms with E-state index in [0.29, 0.717) is 17.5 Å². The number of hydrogen-bond donors (Lipinski definition) is 3. The second-order valence-corrected chi connectivity index (χ2v) is 15.0. The third-order valence-electron chi connectivity index (χ3n) is 11.7. The van der Waals surface area contributed by atoms with Crippen LogP contribution in [0.2, 0.25) is 0 Å². The van der Waals surface area contributed by atoms with E-state index >= 15 is 0 Å². The Morgan fingerprint density at radius 3 is 2.22 bits per heavy atom. The van der Waals surface area contributed by atoms with Crippen LogP contribution in [0, 0.1) is 35.0 Å². The molecule has 0 heterocycles. The molecule has 0 spiro atoms. The molecule has 0 bridgehead atoms. The average molecular weight is 605 g/mol. The quantitative estimate of drug-likeness (QED) is 0.318. The SMILES string of the molecule is C=C(N)C1=C(C)[C@@H](C(C)C)[C@]2(C)C[C@]3(C)Cc4c(N(C)C)cc(NC(=O)Nc5ccccc5)c(C)c4C(=C)C3=C(C)[C@]2(C)C1=C. The molecule has 5 heteroatoms. The predicted molar refractivity (Wildman–Crippen MR) is 192 cm³/mol.